The van der Waals surface area contributed by atoms with Gasteiger partial charge in [0.05, 0.1) is 40.3 Å². The molecule has 0 aliphatic heterocycles. The van der Waals surface area contributed by atoms with Crippen LogP contribution in [-0.2, 0) is 33.3 Å². The third-order valence-electron chi connectivity index (χ3n) is 12.0. The first-order valence-corrected chi connectivity index (χ1v) is 26.8. The van der Waals surface area contributed by atoms with E-state index in [9.17, 15) is 19.5 Å². The summed E-state index contributed by atoms with van der Waals surface area (Å²) in [4.78, 5) is 37.2. The van der Waals surface area contributed by atoms with Gasteiger partial charge in [-0.05, 0) is 38.5 Å². The number of carbonyl (C=O) groups excluding carboxylic acids is 3. The SMILES string of the molecule is CCCCCCCCC/C=C\CCCCCCCC(=O)OC(COC(=O)CCCCCCCCCCCCCCCCCCCCCCCC)COC(OCC[N+](C)(C)C)C(=O)[O-]. The van der Waals surface area contributed by atoms with Crippen molar-refractivity contribution in [1.29, 1.82) is 0 Å². The number of aliphatic carboxylic acids is 1. The van der Waals surface area contributed by atoms with Crippen molar-refractivity contribution < 1.29 is 42.9 Å². The van der Waals surface area contributed by atoms with Crippen LogP contribution >= 0.6 is 0 Å². The van der Waals surface area contributed by atoms with E-state index in [2.05, 4.69) is 26.0 Å². The lowest BCUT2D eigenvalue weighted by Gasteiger charge is -2.26. The Hall–Kier alpha value is -1.97. The molecule has 63 heavy (non-hydrogen) atoms. The molecule has 0 bridgehead atoms. The Labute approximate surface area is 389 Å². The zero-order chi connectivity index (χ0) is 46.3. The first-order chi connectivity index (χ1) is 30.6. The van der Waals surface area contributed by atoms with E-state index in [1.807, 2.05) is 21.1 Å². The van der Waals surface area contributed by atoms with Crippen molar-refractivity contribution in [3.8, 4) is 0 Å². The number of rotatable bonds is 50. The van der Waals surface area contributed by atoms with Crippen LogP contribution in [0.3, 0.4) is 0 Å². The molecule has 0 heterocycles. The third kappa shape index (κ3) is 47.8. The van der Waals surface area contributed by atoms with E-state index in [0.29, 0.717) is 23.9 Å². The van der Waals surface area contributed by atoms with Gasteiger partial charge < -0.3 is 33.3 Å². The average Bonchev–Trinajstić information content (AvgIpc) is 3.24. The number of carbonyl (C=O) groups is 3. The molecular formula is C54H103NO8. The summed E-state index contributed by atoms with van der Waals surface area (Å²) in [6.45, 7) is 4.78. The maximum absolute atomic E-state index is 12.8. The largest absolute Gasteiger partial charge is 0.545 e. The molecule has 0 N–H and O–H groups in total. The lowest BCUT2D eigenvalue weighted by Crippen LogP contribution is -2.44. The molecule has 0 spiro atoms. The molecule has 0 amide bonds. The number of carboxylic acids is 1. The minimum atomic E-state index is -1.62. The standard InChI is InChI=1S/C54H103NO8/c1-6-8-10-12-14-16-18-20-22-24-25-26-27-28-29-31-32-34-36-38-40-42-44-51(56)61-48-50(49-62-54(53(58)59)60-47-46-55(3,4)5)63-52(57)45-43-41-39-37-35-33-30-23-21-19-17-15-13-11-9-7-2/h23,30,50,54H,6-22,24-29,31-49H2,1-5H3/b30-23-. The highest BCUT2D eigenvalue weighted by Crippen LogP contribution is 2.17. The van der Waals surface area contributed by atoms with Crippen molar-refractivity contribution in [1.82, 2.24) is 0 Å². The Bertz CT molecular complexity index is 1040. The van der Waals surface area contributed by atoms with E-state index in [1.54, 1.807) is 0 Å². The molecule has 0 aromatic heterocycles. The smallest absolute Gasteiger partial charge is 0.306 e. The summed E-state index contributed by atoms with van der Waals surface area (Å²) in [6, 6.07) is 0. The molecule has 2 atom stereocenters. The number of hydrogen-bond donors (Lipinski definition) is 0. The molecule has 0 aliphatic carbocycles. The maximum atomic E-state index is 12.8. The Morgan fingerprint density at radius 1 is 0.460 bits per heavy atom. The molecule has 0 saturated carbocycles. The molecule has 0 radical (unpaired) electrons. The monoisotopic (exact) mass is 894 g/mol. The fraction of sp³-hybridized carbons (Fsp3) is 0.907. The predicted molar refractivity (Wildman–Crippen MR) is 260 cm³/mol. The van der Waals surface area contributed by atoms with Gasteiger partial charge in [0.2, 0.25) is 0 Å². The number of allylic oxidation sites excluding steroid dienone is 2. The second kappa shape index (κ2) is 46.6. The van der Waals surface area contributed by atoms with E-state index < -0.39 is 24.3 Å². The molecule has 0 rings (SSSR count). The van der Waals surface area contributed by atoms with Crippen molar-refractivity contribution in [2.45, 2.75) is 270 Å². The van der Waals surface area contributed by atoms with Gasteiger partial charge in [-0.25, -0.2) is 0 Å². The number of quaternary nitrogens is 1. The molecular weight excluding hydrogens is 791 g/mol. The van der Waals surface area contributed by atoms with E-state index in [4.69, 9.17) is 18.9 Å². The van der Waals surface area contributed by atoms with Crippen LogP contribution in [0.5, 0.6) is 0 Å². The molecule has 0 aliphatic rings. The van der Waals surface area contributed by atoms with Crippen molar-refractivity contribution in [3.63, 3.8) is 0 Å². The maximum Gasteiger partial charge on any atom is 0.306 e. The fourth-order valence-corrected chi connectivity index (χ4v) is 7.83. The van der Waals surface area contributed by atoms with Gasteiger partial charge in [-0.1, -0.05) is 219 Å². The second-order valence-electron chi connectivity index (χ2n) is 19.5. The molecule has 0 aromatic rings. The van der Waals surface area contributed by atoms with E-state index in [-0.39, 0.29) is 32.2 Å². The topological polar surface area (TPSA) is 111 Å². The van der Waals surface area contributed by atoms with Gasteiger partial charge in [0.15, 0.2) is 12.4 Å². The van der Waals surface area contributed by atoms with Crippen molar-refractivity contribution in [2.75, 3.05) is 47.5 Å². The fourth-order valence-electron chi connectivity index (χ4n) is 7.83. The second-order valence-corrected chi connectivity index (χ2v) is 19.5. The number of likely N-dealkylation sites (N-methyl/N-ethyl adjacent to an activating group) is 1. The minimum absolute atomic E-state index is 0.149. The van der Waals surface area contributed by atoms with Gasteiger partial charge in [0, 0.05) is 12.8 Å². The number of ether oxygens (including phenoxy) is 4. The Morgan fingerprint density at radius 3 is 1.17 bits per heavy atom. The van der Waals surface area contributed by atoms with E-state index >= 15 is 0 Å². The third-order valence-corrected chi connectivity index (χ3v) is 12.0. The zero-order valence-corrected chi connectivity index (χ0v) is 42.2. The van der Waals surface area contributed by atoms with Crippen LogP contribution in [0.2, 0.25) is 0 Å². The normalized spacial score (nSPS) is 12.8. The summed E-state index contributed by atoms with van der Waals surface area (Å²) in [5, 5.41) is 11.7. The number of esters is 2. The first kappa shape index (κ1) is 61.0. The van der Waals surface area contributed by atoms with Crippen molar-refractivity contribution in [3.05, 3.63) is 12.2 Å². The first-order valence-electron chi connectivity index (χ1n) is 26.8. The van der Waals surface area contributed by atoms with Crippen LogP contribution in [0, 0.1) is 0 Å². The molecule has 372 valence electrons. The Kier molecular flexibility index (Phi) is 45.1. The number of nitrogens with zero attached hydrogens (tertiary/aromatic N) is 1. The highest BCUT2D eigenvalue weighted by Gasteiger charge is 2.22. The lowest BCUT2D eigenvalue weighted by atomic mass is 10.0. The summed E-state index contributed by atoms with van der Waals surface area (Å²) in [5.41, 5.74) is 0. The molecule has 0 aromatic carbocycles. The summed E-state index contributed by atoms with van der Waals surface area (Å²) < 4.78 is 22.7. The van der Waals surface area contributed by atoms with Gasteiger partial charge in [0.1, 0.15) is 13.2 Å². The number of unbranched alkanes of at least 4 members (excludes halogenated alkanes) is 33. The van der Waals surface area contributed by atoms with Crippen LogP contribution in [0.4, 0.5) is 0 Å². The summed E-state index contributed by atoms with van der Waals surface area (Å²) in [5.74, 6) is -2.27. The minimum Gasteiger partial charge on any atom is -0.545 e. The molecule has 9 heteroatoms. The lowest BCUT2D eigenvalue weighted by molar-refractivity contribution is -0.870. The van der Waals surface area contributed by atoms with Gasteiger partial charge >= 0.3 is 11.9 Å². The quantitative estimate of drug-likeness (QED) is 0.0195. The average molecular weight is 894 g/mol. The summed E-state index contributed by atoms with van der Waals surface area (Å²) in [6.07, 6.45) is 48.2. The van der Waals surface area contributed by atoms with Gasteiger partial charge in [0.25, 0.3) is 0 Å². The zero-order valence-electron chi connectivity index (χ0n) is 42.2. The number of carboxylic acid groups (broad SMARTS) is 1. The summed E-state index contributed by atoms with van der Waals surface area (Å²) in [7, 11) is 5.92. The molecule has 0 fully saturated rings. The van der Waals surface area contributed by atoms with Gasteiger partial charge in [-0.15, -0.1) is 0 Å². The Morgan fingerprint density at radius 2 is 0.810 bits per heavy atom. The highest BCUT2D eigenvalue weighted by molar-refractivity contribution is 5.70. The van der Waals surface area contributed by atoms with Crippen molar-refractivity contribution >= 4 is 17.9 Å². The van der Waals surface area contributed by atoms with Crippen LogP contribution in [0.15, 0.2) is 12.2 Å². The van der Waals surface area contributed by atoms with E-state index in [0.717, 1.165) is 51.4 Å². The van der Waals surface area contributed by atoms with E-state index in [1.165, 1.54) is 173 Å². The predicted octanol–water partition coefficient (Wildman–Crippen LogP) is 13.7. The van der Waals surface area contributed by atoms with Crippen LogP contribution in [-0.4, -0.2) is 82.3 Å². The molecule has 2 unspecified atom stereocenters. The summed E-state index contributed by atoms with van der Waals surface area (Å²) >= 11 is 0. The van der Waals surface area contributed by atoms with Crippen molar-refractivity contribution in [2.24, 2.45) is 0 Å². The van der Waals surface area contributed by atoms with Crippen LogP contribution < -0.4 is 5.11 Å². The highest BCUT2D eigenvalue weighted by atomic mass is 16.7. The Balaban J connectivity index is 4.25. The van der Waals surface area contributed by atoms with Crippen LogP contribution in [0.25, 0.3) is 0 Å². The van der Waals surface area contributed by atoms with Gasteiger partial charge in [-0.3, -0.25) is 9.59 Å². The molecule has 0 saturated heterocycles. The molecule has 9 nitrogen and oxygen atoms in total. The van der Waals surface area contributed by atoms with Gasteiger partial charge in [-0.2, -0.15) is 0 Å². The van der Waals surface area contributed by atoms with Crippen LogP contribution in [0.1, 0.15) is 258 Å². The number of hydrogen-bond acceptors (Lipinski definition) is 8.